The van der Waals surface area contributed by atoms with Crippen molar-refractivity contribution in [2.45, 2.75) is 129 Å². The molecule has 0 N–H and O–H groups in total. The number of hydrogen-bond acceptors (Lipinski definition) is 8. The minimum absolute atomic E-state index is 0.637. The average Bonchev–Trinajstić information content (AvgIpc) is 2.87. The molecule has 1 heterocycles. The molecule has 1 aliphatic heterocycles. The molecule has 1 fully saturated rings. The summed E-state index contributed by atoms with van der Waals surface area (Å²) in [5.41, 5.74) is 0. The van der Waals surface area contributed by atoms with Gasteiger partial charge in [-0.3, -0.25) is 0 Å². The third kappa shape index (κ3) is 17.0. The van der Waals surface area contributed by atoms with Gasteiger partial charge in [0.15, 0.2) is 0 Å². The molecule has 40 heavy (non-hydrogen) atoms. The van der Waals surface area contributed by atoms with Crippen molar-refractivity contribution in [1.29, 1.82) is 0 Å². The molecule has 8 nitrogen and oxygen atoms in total. The van der Waals surface area contributed by atoms with E-state index >= 15 is 0 Å². The van der Waals surface area contributed by atoms with E-state index in [4.69, 9.17) is 35.4 Å². The van der Waals surface area contributed by atoms with Gasteiger partial charge in [-0.05, 0) is 51.9 Å². The summed E-state index contributed by atoms with van der Waals surface area (Å²) < 4.78 is 52.5. The highest BCUT2D eigenvalue weighted by Crippen LogP contribution is 2.37. The Labute approximate surface area is 251 Å². The van der Waals surface area contributed by atoms with Crippen molar-refractivity contribution in [2.75, 3.05) is 52.9 Å². The smallest absolute Gasteiger partial charge is 0.319 e. The monoisotopic (exact) mass is 640 g/mol. The van der Waals surface area contributed by atoms with E-state index in [9.17, 15) is 0 Å². The molecule has 0 aromatic carbocycles. The van der Waals surface area contributed by atoms with Crippen LogP contribution in [0.4, 0.5) is 0 Å². The Hall–Kier alpha value is 0.548. The Morgan fingerprint density at radius 1 is 0.350 bits per heavy atom. The highest BCUT2D eigenvalue weighted by atomic mass is 28.5. The van der Waals surface area contributed by atoms with Gasteiger partial charge in [-0.2, -0.15) is 0 Å². The molecule has 0 radical (unpaired) electrons. The lowest BCUT2D eigenvalue weighted by Crippen LogP contribution is -2.68. The van der Waals surface area contributed by atoms with Crippen molar-refractivity contribution in [2.24, 2.45) is 0 Å². The van der Waals surface area contributed by atoms with Crippen LogP contribution in [0.2, 0.25) is 50.4 Å². The zero-order valence-corrected chi connectivity index (χ0v) is 31.4. The molecular weight excluding hydrogens is 577 g/mol. The van der Waals surface area contributed by atoms with E-state index in [0.29, 0.717) is 26.4 Å². The van der Waals surface area contributed by atoms with Crippen LogP contribution >= 0.6 is 0 Å². The first-order valence-electron chi connectivity index (χ1n) is 16.2. The normalized spacial score (nSPS) is 29.4. The second-order valence-corrected chi connectivity index (χ2v) is 26.1. The van der Waals surface area contributed by atoms with E-state index in [2.05, 4.69) is 53.9 Å². The molecule has 240 valence electrons. The molecule has 0 atom stereocenters. The maximum atomic E-state index is 7.14. The quantitative estimate of drug-likeness (QED) is 0.0788. The second kappa shape index (κ2) is 21.3. The van der Waals surface area contributed by atoms with Crippen LogP contribution in [-0.4, -0.2) is 87.1 Å². The Balaban J connectivity index is 3.15. The van der Waals surface area contributed by atoms with Crippen molar-refractivity contribution in [1.82, 2.24) is 0 Å². The molecular formula is C28H64O8Si4. The molecule has 12 heteroatoms. The van der Waals surface area contributed by atoms with E-state index in [1.165, 1.54) is 0 Å². The van der Waals surface area contributed by atoms with E-state index in [1.54, 1.807) is 0 Å². The summed E-state index contributed by atoms with van der Waals surface area (Å²) in [7, 11) is -10.7. The maximum absolute atomic E-state index is 7.14. The summed E-state index contributed by atoms with van der Waals surface area (Å²) in [5.74, 6) is 0. The first kappa shape index (κ1) is 38.6. The number of rotatable bonds is 24. The van der Waals surface area contributed by atoms with Crippen molar-refractivity contribution in [3.8, 4) is 0 Å². The fourth-order valence-electron chi connectivity index (χ4n) is 4.74. The standard InChI is InChI=1S/C28H64O8Si4/c1-9-13-17-29-21-25-37(5)33-38(6,26-22-30-18-14-10-2)35-40(8,28-24-32-20-16-12-4)36-39(7,34-37)27-23-31-19-15-11-3/h9-28H2,1-8H3. The fraction of sp³-hybridized carbons (Fsp3) is 1.00. The lowest BCUT2D eigenvalue weighted by atomic mass is 10.4. The van der Waals surface area contributed by atoms with Gasteiger partial charge in [0.25, 0.3) is 0 Å². The molecule has 0 aliphatic carbocycles. The average molecular weight is 641 g/mol. The molecule has 0 aromatic rings. The summed E-state index contributed by atoms with van der Waals surface area (Å²) in [4.78, 5) is 0. The Kier molecular flexibility index (Phi) is 20.5. The lowest BCUT2D eigenvalue weighted by molar-refractivity contribution is 0.120. The minimum atomic E-state index is -2.68. The van der Waals surface area contributed by atoms with Gasteiger partial charge < -0.3 is 35.4 Å². The number of unbranched alkanes of at least 4 members (excludes halogenated alkanes) is 4. The van der Waals surface area contributed by atoms with Crippen molar-refractivity contribution in [3.05, 3.63) is 0 Å². The van der Waals surface area contributed by atoms with Gasteiger partial charge in [-0.15, -0.1) is 0 Å². The number of hydrogen-bond donors (Lipinski definition) is 0. The Morgan fingerprint density at radius 2 is 0.550 bits per heavy atom. The molecule has 0 spiro atoms. The first-order chi connectivity index (χ1) is 19.1. The van der Waals surface area contributed by atoms with E-state index in [0.717, 1.165) is 102 Å². The number of ether oxygens (including phenoxy) is 4. The van der Waals surface area contributed by atoms with Crippen molar-refractivity contribution >= 4 is 34.2 Å². The van der Waals surface area contributed by atoms with Crippen LogP contribution < -0.4 is 0 Å². The van der Waals surface area contributed by atoms with E-state index < -0.39 is 34.2 Å². The molecule has 0 amide bonds. The van der Waals surface area contributed by atoms with Crippen LogP contribution in [0.15, 0.2) is 0 Å². The van der Waals surface area contributed by atoms with E-state index in [-0.39, 0.29) is 0 Å². The largest absolute Gasteiger partial charge is 0.415 e. The molecule has 0 bridgehead atoms. The summed E-state index contributed by atoms with van der Waals surface area (Å²) >= 11 is 0. The van der Waals surface area contributed by atoms with Crippen LogP contribution in [0, 0.1) is 0 Å². The predicted octanol–water partition coefficient (Wildman–Crippen LogP) is 7.62. The lowest BCUT2D eigenvalue weighted by Gasteiger charge is -2.50. The van der Waals surface area contributed by atoms with Crippen LogP contribution in [0.1, 0.15) is 79.1 Å². The Morgan fingerprint density at radius 3 is 0.725 bits per heavy atom. The summed E-state index contributed by atoms with van der Waals surface area (Å²) in [6.07, 6.45) is 8.78. The predicted molar refractivity (Wildman–Crippen MR) is 173 cm³/mol. The van der Waals surface area contributed by atoms with Gasteiger partial charge in [0.1, 0.15) is 0 Å². The summed E-state index contributed by atoms with van der Waals surface area (Å²) in [6, 6.07) is 3.06. The molecule has 0 unspecified atom stereocenters. The van der Waals surface area contributed by atoms with Crippen LogP contribution in [0.3, 0.4) is 0 Å². The molecule has 1 rings (SSSR count). The van der Waals surface area contributed by atoms with Gasteiger partial charge in [-0.1, -0.05) is 53.4 Å². The third-order valence-electron chi connectivity index (χ3n) is 7.10. The first-order valence-corrected chi connectivity index (χ1v) is 26.3. The molecule has 0 aromatic heterocycles. The van der Waals surface area contributed by atoms with E-state index in [1.807, 2.05) is 0 Å². The zero-order valence-electron chi connectivity index (χ0n) is 27.4. The van der Waals surface area contributed by atoms with Crippen LogP contribution in [0.25, 0.3) is 0 Å². The topological polar surface area (TPSA) is 73.8 Å². The van der Waals surface area contributed by atoms with Gasteiger partial charge in [-0.25, -0.2) is 0 Å². The third-order valence-corrected chi connectivity index (χ3v) is 25.4. The minimum Gasteiger partial charge on any atom is -0.415 e. The molecule has 0 saturated carbocycles. The molecule has 1 saturated heterocycles. The van der Waals surface area contributed by atoms with Crippen LogP contribution in [-0.2, 0) is 35.4 Å². The van der Waals surface area contributed by atoms with Gasteiger partial charge in [0, 0.05) is 77.0 Å². The highest BCUT2D eigenvalue weighted by molar-refractivity contribution is 6.94. The summed E-state index contributed by atoms with van der Waals surface area (Å²) in [5, 5.41) is 0. The SMILES string of the molecule is CCCCOCC[Si]1(C)O[Si](C)(CCOCCCC)O[Si](C)(CCOCCCC)O[Si](C)(CCOCCCC)O1. The van der Waals surface area contributed by atoms with Crippen molar-refractivity contribution in [3.63, 3.8) is 0 Å². The van der Waals surface area contributed by atoms with Crippen LogP contribution in [0.5, 0.6) is 0 Å². The zero-order chi connectivity index (χ0) is 29.8. The maximum Gasteiger partial charge on any atom is 0.319 e. The highest BCUT2D eigenvalue weighted by Gasteiger charge is 2.56. The summed E-state index contributed by atoms with van der Waals surface area (Å²) in [6.45, 7) is 23.1. The van der Waals surface area contributed by atoms with Gasteiger partial charge in [0.2, 0.25) is 0 Å². The van der Waals surface area contributed by atoms with Crippen molar-refractivity contribution < 1.29 is 35.4 Å². The van der Waals surface area contributed by atoms with Gasteiger partial charge >= 0.3 is 34.2 Å². The molecule has 1 aliphatic rings. The fourth-order valence-corrected chi connectivity index (χ4v) is 26.9. The Bertz CT molecular complexity index is 519. The van der Waals surface area contributed by atoms with Gasteiger partial charge in [0.05, 0.1) is 0 Å². The second-order valence-electron chi connectivity index (χ2n) is 11.8.